The van der Waals surface area contributed by atoms with E-state index in [0.717, 1.165) is 0 Å². The van der Waals surface area contributed by atoms with Crippen molar-refractivity contribution in [2.45, 2.75) is 24.9 Å². The molecule has 64 valence electrons. The highest BCUT2D eigenvalue weighted by Crippen LogP contribution is 2.28. The highest BCUT2D eigenvalue weighted by Gasteiger charge is 2.49. The molecule has 1 atom stereocenters. The van der Waals surface area contributed by atoms with Crippen LogP contribution in [0.5, 0.6) is 0 Å². The molecular weight excluding hydrogens is 158 g/mol. The van der Waals surface area contributed by atoms with E-state index >= 15 is 0 Å². The Kier molecular flexibility index (Phi) is 2.08. The van der Waals surface area contributed by atoms with Gasteiger partial charge in [-0.3, -0.25) is 0 Å². The van der Waals surface area contributed by atoms with Crippen molar-refractivity contribution in [3.63, 3.8) is 0 Å². The van der Waals surface area contributed by atoms with Gasteiger partial charge in [0, 0.05) is 6.61 Å². The van der Waals surface area contributed by atoms with Gasteiger partial charge in [-0.1, -0.05) is 0 Å². The number of rotatable bonds is 2. The molecule has 1 fully saturated rings. The average Bonchev–Trinajstić information content (AvgIpc) is 2.37. The molecule has 0 aromatic heterocycles. The molecule has 0 amide bonds. The van der Waals surface area contributed by atoms with Gasteiger partial charge < -0.3 is 9.84 Å². The molecule has 0 aliphatic carbocycles. The van der Waals surface area contributed by atoms with E-state index in [0.29, 0.717) is 6.42 Å². The van der Waals surface area contributed by atoms with Crippen molar-refractivity contribution < 1.29 is 23.4 Å². The summed E-state index contributed by atoms with van der Waals surface area (Å²) in [7, 11) is 0. The van der Waals surface area contributed by atoms with Crippen LogP contribution in [0.1, 0.15) is 12.8 Å². The first-order valence-electron chi connectivity index (χ1n) is 3.28. The second-order valence-electron chi connectivity index (χ2n) is 2.43. The number of aliphatic carboxylic acids is 1. The van der Waals surface area contributed by atoms with Crippen LogP contribution in [-0.2, 0) is 9.53 Å². The maximum Gasteiger partial charge on any atom is 0.377 e. The zero-order chi connectivity index (χ0) is 8.48. The first-order valence-corrected chi connectivity index (χ1v) is 3.28. The molecule has 5 heteroatoms. The lowest BCUT2D eigenvalue weighted by molar-refractivity contribution is -0.183. The smallest absolute Gasteiger partial charge is 0.377 e. The quantitative estimate of drug-likeness (QED) is 0.662. The zero-order valence-corrected chi connectivity index (χ0v) is 5.72. The van der Waals surface area contributed by atoms with E-state index in [1.807, 2.05) is 0 Å². The number of carboxylic acid groups (broad SMARTS) is 1. The number of carbonyl (C=O) groups is 1. The molecule has 0 aromatic carbocycles. The van der Waals surface area contributed by atoms with Gasteiger partial charge in [-0.25, -0.2) is 4.79 Å². The van der Waals surface area contributed by atoms with Crippen molar-refractivity contribution in [2.75, 3.05) is 6.61 Å². The van der Waals surface area contributed by atoms with Gasteiger partial charge in [0.25, 0.3) is 0 Å². The molecule has 1 rings (SSSR count). The molecule has 0 unspecified atom stereocenters. The lowest BCUT2D eigenvalue weighted by Crippen LogP contribution is -2.40. The van der Waals surface area contributed by atoms with Crippen LogP contribution >= 0.6 is 0 Å². The SMILES string of the molecule is O=C(O)C(F)(F)[C@H]1CCCO1. The minimum absolute atomic E-state index is 0.124. The Morgan fingerprint density at radius 3 is 2.64 bits per heavy atom. The fourth-order valence-electron chi connectivity index (χ4n) is 1.00. The second-order valence-corrected chi connectivity index (χ2v) is 2.43. The molecule has 1 N–H and O–H groups in total. The molecule has 1 aliphatic rings. The average molecular weight is 166 g/mol. The molecule has 1 saturated heterocycles. The van der Waals surface area contributed by atoms with Gasteiger partial charge in [0.15, 0.2) is 0 Å². The molecule has 0 saturated carbocycles. The van der Waals surface area contributed by atoms with Crippen molar-refractivity contribution in [1.82, 2.24) is 0 Å². The molecule has 0 radical (unpaired) electrons. The molecule has 1 heterocycles. The van der Waals surface area contributed by atoms with Crippen molar-refractivity contribution in [2.24, 2.45) is 0 Å². The van der Waals surface area contributed by atoms with Crippen molar-refractivity contribution >= 4 is 5.97 Å². The van der Waals surface area contributed by atoms with Gasteiger partial charge in [0.2, 0.25) is 0 Å². The van der Waals surface area contributed by atoms with Crippen LogP contribution in [0.2, 0.25) is 0 Å². The topological polar surface area (TPSA) is 46.5 Å². The van der Waals surface area contributed by atoms with E-state index < -0.39 is 18.0 Å². The molecule has 0 bridgehead atoms. The standard InChI is InChI=1S/C6H8F2O3/c7-6(8,5(9)10)4-2-1-3-11-4/h4H,1-3H2,(H,9,10)/t4-/m1/s1. The lowest BCUT2D eigenvalue weighted by Gasteiger charge is -2.17. The van der Waals surface area contributed by atoms with Crippen LogP contribution in [0.15, 0.2) is 0 Å². The van der Waals surface area contributed by atoms with Gasteiger partial charge >= 0.3 is 11.9 Å². The summed E-state index contributed by atoms with van der Waals surface area (Å²) in [6, 6.07) is 0. The molecule has 11 heavy (non-hydrogen) atoms. The number of alkyl halides is 2. The summed E-state index contributed by atoms with van der Waals surface area (Å²) in [6.07, 6.45) is -0.799. The number of hydrogen-bond donors (Lipinski definition) is 1. The minimum atomic E-state index is -3.73. The first-order chi connectivity index (χ1) is 5.05. The Balaban J connectivity index is 2.62. The third-order valence-electron chi connectivity index (χ3n) is 1.62. The van der Waals surface area contributed by atoms with E-state index in [4.69, 9.17) is 5.11 Å². The minimum Gasteiger partial charge on any atom is -0.477 e. The van der Waals surface area contributed by atoms with E-state index in [9.17, 15) is 13.6 Å². The van der Waals surface area contributed by atoms with Gasteiger partial charge in [0.05, 0.1) is 0 Å². The van der Waals surface area contributed by atoms with Gasteiger partial charge in [-0.2, -0.15) is 8.78 Å². The summed E-state index contributed by atoms with van der Waals surface area (Å²) in [5.74, 6) is -5.83. The van der Waals surface area contributed by atoms with Crippen LogP contribution in [0.4, 0.5) is 8.78 Å². The normalized spacial score (nSPS) is 25.5. The highest BCUT2D eigenvalue weighted by atomic mass is 19.3. The summed E-state index contributed by atoms with van der Waals surface area (Å²) in [4.78, 5) is 9.98. The lowest BCUT2D eigenvalue weighted by atomic mass is 10.1. The van der Waals surface area contributed by atoms with Crippen LogP contribution in [0.25, 0.3) is 0 Å². The van der Waals surface area contributed by atoms with Crippen LogP contribution in [0.3, 0.4) is 0 Å². The van der Waals surface area contributed by atoms with Crippen molar-refractivity contribution in [3.05, 3.63) is 0 Å². The Morgan fingerprint density at radius 2 is 2.27 bits per heavy atom. The third kappa shape index (κ3) is 1.48. The van der Waals surface area contributed by atoms with Crippen molar-refractivity contribution in [3.8, 4) is 0 Å². The van der Waals surface area contributed by atoms with E-state index in [-0.39, 0.29) is 13.0 Å². The van der Waals surface area contributed by atoms with Gasteiger partial charge in [0.1, 0.15) is 6.10 Å². The number of halogens is 2. The van der Waals surface area contributed by atoms with Gasteiger partial charge in [-0.05, 0) is 12.8 Å². The third-order valence-corrected chi connectivity index (χ3v) is 1.62. The summed E-state index contributed by atoms with van der Waals surface area (Å²) in [6.45, 7) is 0.230. The van der Waals surface area contributed by atoms with Crippen LogP contribution < -0.4 is 0 Å². The monoisotopic (exact) mass is 166 g/mol. The zero-order valence-electron chi connectivity index (χ0n) is 5.72. The van der Waals surface area contributed by atoms with E-state index in [1.54, 1.807) is 0 Å². The maximum atomic E-state index is 12.5. The summed E-state index contributed by atoms with van der Waals surface area (Å²) in [5.41, 5.74) is 0. The highest BCUT2D eigenvalue weighted by molar-refractivity contribution is 5.76. The predicted octanol–water partition coefficient (Wildman–Crippen LogP) is 0.885. The Morgan fingerprint density at radius 1 is 1.64 bits per heavy atom. The Hall–Kier alpha value is -0.710. The Bertz CT molecular complexity index is 163. The van der Waals surface area contributed by atoms with Crippen LogP contribution in [0, 0.1) is 0 Å². The fourth-order valence-corrected chi connectivity index (χ4v) is 1.00. The van der Waals surface area contributed by atoms with E-state index in [2.05, 4.69) is 4.74 Å². The summed E-state index contributed by atoms with van der Waals surface area (Å²) >= 11 is 0. The second kappa shape index (κ2) is 2.73. The van der Waals surface area contributed by atoms with Gasteiger partial charge in [-0.15, -0.1) is 0 Å². The fraction of sp³-hybridized carbons (Fsp3) is 0.833. The van der Waals surface area contributed by atoms with E-state index in [1.165, 1.54) is 0 Å². The molecule has 3 nitrogen and oxygen atoms in total. The van der Waals surface area contributed by atoms with Crippen molar-refractivity contribution in [1.29, 1.82) is 0 Å². The molecule has 0 spiro atoms. The largest absolute Gasteiger partial charge is 0.477 e. The maximum absolute atomic E-state index is 12.5. The summed E-state index contributed by atoms with van der Waals surface area (Å²) < 4.78 is 29.6. The number of hydrogen-bond acceptors (Lipinski definition) is 2. The Labute approximate surface area is 62.0 Å². The molecule has 0 aromatic rings. The number of ether oxygens (including phenoxy) is 1. The number of carboxylic acids is 1. The molecular formula is C6H8F2O3. The van der Waals surface area contributed by atoms with Crippen LogP contribution in [-0.4, -0.2) is 29.7 Å². The summed E-state index contributed by atoms with van der Waals surface area (Å²) in [5, 5.41) is 8.07. The molecule has 1 aliphatic heterocycles. The predicted molar refractivity (Wildman–Crippen MR) is 31.6 cm³/mol. The first kappa shape index (κ1) is 8.39.